The molecular weight excluding hydrogens is 306 g/mol. The van der Waals surface area contributed by atoms with E-state index >= 15 is 0 Å². The molecule has 1 aromatic heterocycles. The molecular formula is C18H19N3OS. The van der Waals surface area contributed by atoms with Crippen LogP contribution in [0.5, 0.6) is 0 Å². The largest absolute Gasteiger partial charge is 0.381 e. The van der Waals surface area contributed by atoms with Crippen LogP contribution in [0.1, 0.15) is 11.1 Å². The molecule has 2 N–H and O–H groups in total. The molecule has 1 unspecified atom stereocenters. The van der Waals surface area contributed by atoms with Gasteiger partial charge >= 0.3 is 0 Å². The zero-order valence-electron chi connectivity index (χ0n) is 13.0. The van der Waals surface area contributed by atoms with Crippen molar-refractivity contribution in [2.24, 2.45) is 0 Å². The molecule has 4 nitrogen and oxygen atoms in total. The Labute approximate surface area is 138 Å². The fraction of sp³-hybridized carbons (Fsp3) is 0.167. The van der Waals surface area contributed by atoms with E-state index in [2.05, 4.69) is 27.6 Å². The Morgan fingerprint density at radius 3 is 2.74 bits per heavy atom. The molecule has 118 valence electrons. The van der Waals surface area contributed by atoms with Crippen molar-refractivity contribution in [3.63, 3.8) is 0 Å². The highest BCUT2D eigenvalue weighted by Crippen LogP contribution is 2.22. The van der Waals surface area contributed by atoms with Gasteiger partial charge in [-0.1, -0.05) is 42.5 Å². The number of anilines is 1. The number of hydrogen-bond donors (Lipinski definition) is 2. The number of aromatic nitrogens is 2. The minimum atomic E-state index is -0.830. The average Bonchev–Trinajstić information content (AvgIpc) is 3.02. The zero-order chi connectivity index (χ0) is 16.1. The van der Waals surface area contributed by atoms with Crippen LogP contribution in [-0.2, 0) is 23.1 Å². The van der Waals surface area contributed by atoms with E-state index in [1.54, 1.807) is 6.26 Å². The van der Waals surface area contributed by atoms with E-state index in [-0.39, 0.29) is 0 Å². The van der Waals surface area contributed by atoms with Crippen LogP contribution in [0.25, 0.3) is 11.3 Å². The summed E-state index contributed by atoms with van der Waals surface area (Å²) in [7, 11) is -0.830. The standard InChI is InChI=1S/C18H19N3OS/c1-23(22)13-14-6-5-9-17(10-14)19-11-16-12-20-21-18(16)15-7-3-2-4-8-15/h2-10,12,19H,11,13H2,1H3,(H,20,21). The number of hydrogen-bond acceptors (Lipinski definition) is 3. The summed E-state index contributed by atoms with van der Waals surface area (Å²) in [5.41, 5.74) is 5.36. The summed E-state index contributed by atoms with van der Waals surface area (Å²) in [6, 6.07) is 18.2. The molecule has 0 amide bonds. The molecule has 0 spiro atoms. The van der Waals surface area contributed by atoms with Crippen LogP contribution < -0.4 is 5.32 Å². The van der Waals surface area contributed by atoms with Gasteiger partial charge in [-0.3, -0.25) is 9.31 Å². The molecule has 0 saturated carbocycles. The lowest BCUT2D eigenvalue weighted by atomic mass is 10.1. The smallest absolute Gasteiger partial charge is 0.0700 e. The molecule has 0 aliphatic heterocycles. The number of nitrogens with zero attached hydrogens (tertiary/aromatic N) is 1. The summed E-state index contributed by atoms with van der Waals surface area (Å²) in [4.78, 5) is 0. The van der Waals surface area contributed by atoms with Crippen LogP contribution in [0.3, 0.4) is 0 Å². The van der Waals surface area contributed by atoms with Gasteiger partial charge in [0.2, 0.25) is 0 Å². The van der Waals surface area contributed by atoms with Crippen LogP contribution in [0.2, 0.25) is 0 Å². The Kier molecular flexibility index (Phi) is 4.88. The predicted molar refractivity (Wildman–Crippen MR) is 95.6 cm³/mol. The molecule has 3 rings (SSSR count). The summed E-state index contributed by atoms with van der Waals surface area (Å²) < 4.78 is 11.3. The molecule has 3 aromatic rings. The molecule has 0 fully saturated rings. The lowest BCUT2D eigenvalue weighted by Crippen LogP contribution is -2.01. The maximum absolute atomic E-state index is 11.3. The van der Waals surface area contributed by atoms with Crippen LogP contribution >= 0.6 is 0 Å². The first-order chi connectivity index (χ1) is 11.2. The minimum absolute atomic E-state index is 0.580. The van der Waals surface area contributed by atoms with Crippen molar-refractivity contribution in [2.45, 2.75) is 12.3 Å². The van der Waals surface area contributed by atoms with E-state index in [0.717, 1.165) is 28.1 Å². The fourth-order valence-electron chi connectivity index (χ4n) is 2.50. The van der Waals surface area contributed by atoms with Gasteiger partial charge in [0.15, 0.2) is 0 Å². The van der Waals surface area contributed by atoms with Crippen molar-refractivity contribution < 1.29 is 4.21 Å². The van der Waals surface area contributed by atoms with E-state index < -0.39 is 10.8 Å². The first-order valence-corrected chi connectivity index (χ1v) is 9.15. The number of H-pyrrole nitrogens is 1. The summed E-state index contributed by atoms with van der Waals surface area (Å²) in [6.45, 7) is 0.680. The van der Waals surface area contributed by atoms with Gasteiger partial charge in [0.25, 0.3) is 0 Å². The van der Waals surface area contributed by atoms with Gasteiger partial charge < -0.3 is 5.32 Å². The average molecular weight is 325 g/mol. The molecule has 5 heteroatoms. The van der Waals surface area contributed by atoms with Gasteiger partial charge in [-0.15, -0.1) is 0 Å². The van der Waals surface area contributed by atoms with Gasteiger partial charge in [0.05, 0.1) is 11.9 Å². The molecule has 23 heavy (non-hydrogen) atoms. The molecule has 0 saturated heterocycles. The Bertz CT molecular complexity index is 799. The summed E-state index contributed by atoms with van der Waals surface area (Å²) in [5, 5.41) is 10.6. The highest BCUT2D eigenvalue weighted by molar-refractivity contribution is 7.83. The first-order valence-electron chi connectivity index (χ1n) is 7.43. The van der Waals surface area contributed by atoms with Gasteiger partial charge in [0.1, 0.15) is 0 Å². The van der Waals surface area contributed by atoms with Gasteiger partial charge in [-0.2, -0.15) is 5.10 Å². The molecule has 1 atom stereocenters. The van der Waals surface area contributed by atoms with Crippen LogP contribution in [0.4, 0.5) is 5.69 Å². The first kappa shape index (κ1) is 15.5. The van der Waals surface area contributed by atoms with Crippen molar-refractivity contribution >= 4 is 16.5 Å². The Balaban J connectivity index is 1.72. The van der Waals surface area contributed by atoms with Crippen LogP contribution in [0.15, 0.2) is 60.8 Å². The van der Waals surface area contributed by atoms with Crippen LogP contribution in [0, 0.1) is 0 Å². The van der Waals surface area contributed by atoms with Crippen molar-refractivity contribution in [1.29, 1.82) is 0 Å². The zero-order valence-corrected chi connectivity index (χ0v) is 13.8. The second-order valence-corrected chi connectivity index (χ2v) is 6.84. The second-order valence-electron chi connectivity index (χ2n) is 5.41. The molecule has 0 aliphatic carbocycles. The molecule has 0 bridgehead atoms. The number of aromatic amines is 1. The number of rotatable bonds is 6. The highest BCUT2D eigenvalue weighted by atomic mass is 32.2. The Morgan fingerprint density at radius 1 is 1.13 bits per heavy atom. The van der Waals surface area contributed by atoms with Crippen molar-refractivity contribution in [2.75, 3.05) is 11.6 Å². The number of benzene rings is 2. The normalized spacial score (nSPS) is 12.0. The fourth-order valence-corrected chi connectivity index (χ4v) is 3.15. The third-order valence-electron chi connectivity index (χ3n) is 3.56. The number of nitrogens with one attached hydrogen (secondary N) is 2. The lowest BCUT2D eigenvalue weighted by molar-refractivity contribution is 0.686. The second kappa shape index (κ2) is 7.24. The monoisotopic (exact) mass is 325 g/mol. The maximum Gasteiger partial charge on any atom is 0.0700 e. The van der Waals surface area contributed by atoms with Crippen molar-refractivity contribution in [3.8, 4) is 11.3 Å². The summed E-state index contributed by atoms with van der Waals surface area (Å²) >= 11 is 0. The molecule has 2 aromatic carbocycles. The predicted octanol–water partition coefficient (Wildman–Crippen LogP) is 3.57. The lowest BCUT2D eigenvalue weighted by Gasteiger charge is -2.09. The highest BCUT2D eigenvalue weighted by Gasteiger charge is 2.07. The third kappa shape index (κ3) is 4.07. The Hall–Kier alpha value is -2.40. The van der Waals surface area contributed by atoms with Crippen molar-refractivity contribution in [1.82, 2.24) is 10.2 Å². The molecule has 0 radical (unpaired) electrons. The van der Waals surface area contributed by atoms with Gasteiger partial charge in [-0.25, -0.2) is 0 Å². The third-order valence-corrected chi connectivity index (χ3v) is 4.30. The SMILES string of the molecule is CS(=O)Cc1cccc(NCc2cn[nH]c2-c2ccccc2)c1. The topological polar surface area (TPSA) is 57.8 Å². The summed E-state index contributed by atoms with van der Waals surface area (Å²) in [6.07, 6.45) is 3.57. The van der Waals surface area contributed by atoms with Crippen molar-refractivity contribution in [3.05, 3.63) is 71.9 Å². The quantitative estimate of drug-likeness (QED) is 0.728. The van der Waals surface area contributed by atoms with Gasteiger partial charge in [-0.05, 0) is 23.3 Å². The van der Waals surface area contributed by atoms with Crippen LogP contribution in [-0.4, -0.2) is 20.7 Å². The van der Waals surface area contributed by atoms with E-state index in [4.69, 9.17) is 0 Å². The molecule has 1 heterocycles. The van der Waals surface area contributed by atoms with E-state index in [9.17, 15) is 4.21 Å². The van der Waals surface area contributed by atoms with Gasteiger partial charge in [0, 0.05) is 40.6 Å². The Morgan fingerprint density at radius 2 is 1.96 bits per heavy atom. The van der Waals surface area contributed by atoms with E-state index in [1.807, 2.05) is 48.7 Å². The van der Waals surface area contributed by atoms with E-state index in [1.165, 1.54) is 0 Å². The molecule has 0 aliphatic rings. The maximum atomic E-state index is 11.3. The summed E-state index contributed by atoms with van der Waals surface area (Å²) in [5.74, 6) is 0.580. The van der Waals surface area contributed by atoms with E-state index in [0.29, 0.717) is 12.3 Å². The minimum Gasteiger partial charge on any atom is -0.381 e.